The number of benzene rings is 1. The number of rotatable bonds is 1. The Morgan fingerprint density at radius 1 is 1.22 bits per heavy atom. The summed E-state index contributed by atoms with van der Waals surface area (Å²) in [5.41, 5.74) is 8.10. The molecule has 1 N–H and O–H groups in total. The fourth-order valence-electron chi connectivity index (χ4n) is 0.562. The van der Waals surface area contributed by atoms with E-state index in [9.17, 15) is 4.79 Å². The third-order valence-electron chi connectivity index (χ3n) is 1.05. The lowest BCUT2D eigenvalue weighted by Gasteiger charge is -1.88. The van der Waals surface area contributed by atoms with Gasteiger partial charge in [-0.1, -0.05) is 0 Å². The predicted octanol–water partition coefficient (Wildman–Crippen LogP) is 1.41. The molecule has 0 aliphatic heterocycles. The van der Waals surface area contributed by atoms with Gasteiger partial charge in [0.1, 0.15) is 6.29 Å². The first-order valence-electron chi connectivity index (χ1n) is 2.60. The van der Waals surface area contributed by atoms with Gasteiger partial charge in [0, 0.05) is 5.56 Å². The van der Waals surface area contributed by atoms with Gasteiger partial charge in [-0.05, 0) is 24.3 Å². The van der Waals surface area contributed by atoms with E-state index in [2.05, 4.69) is 0 Å². The zero-order valence-electron chi connectivity index (χ0n) is 4.79. The Kier molecular flexibility index (Phi) is 1.49. The van der Waals surface area contributed by atoms with Crippen molar-refractivity contribution < 1.29 is 4.79 Å². The van der Waals surface area contributed by atoms with E-state index >= 15 is 0 Å². The molecule has 0 heterocycles. The molecule has 0 bridgehead atoms. The molecule has 0 fully saturated rings. The van der Waals surface area contributed by atoms with Crippen molar-refractivity contribution in [1.82, 2.24) is 5.73 Å². The van der Waals surface area contributed by atoms with Crippen molar-refractivity contribution in [3.63, 3.8) is 0 Å². The van der Waals surface area contributed by atoms with Crippen molar-refractivity contribution >= 4 is 12.0 Å². The summed E-state index contributed by atoms with van der Waals surface area (Å²) in [5, 5.41) is 0. The smallest absolute Gasteiger partial charge is 0.150 e. The average molecular weight is 120 g/mol. The number of carbonyl (C=O) groups is 1. The number of carbonyl (C=O) groups excluding carboxylic acids is 1. The van der Waals surface area contributed by atoms with E-state index in [1.165, 1.54) is 0 Å². The molecule has 0 spiro atoms. The van der Waals surface area contributed by atoms with Crippen molar-refractivity contribution in [3.05, 3.63) is 29.8 Å². The molecule has 2 heteroatoms. The van der Waals surface area contributed by atoms with E-state index < -0.39 is 0 Å². The van der Waals surface area contributed by atoms with Crippen molar-refractivity contribution in [1.29, 1.82) is 0 Å². The van der Waals surface area contributed by atoms with Crippen LogP contribution in [0.1, 0.15) is 10.4 Å². The minimum absolute atomic E-state index is 0.431. The van der Waals surface area contributed by atoms with E-state index in [0.717, 1.165) is 6.29 Å². The maximum Gasteiger partial charge on any atom is 0.150 e. The Labute approximate surface area is 53.3 Å². The second-order valence-electron chi connectivity index (χ2n) is 1.74. The summed E-state index contributed by atoms with van der Waals surface area (Å²) < 4.78 is 0. The van der Waals surface area contributed by atoms with Crippen molar-refractivity contribution in [2.75, 3.05) is 0 Å². The summed E-state index contributed by atoms with van der Waals surface area (Å²) in [6.45, 7) is 0. The molecule has 1 rings (SSSR count). The van der Waals surface area contributed by atoms with Crippen LogP contribution in [0.25, 0.3) is 0 Å². The maximum atomic E-state index is 10.1. The highest BCUT2D eigenvalue weighted by molar-refractivity contribution is 5.75. The minimum atomic E-state index is 0.431. The molecule has 0 amide bonds. The fourth-order valence-corrected chi connectivity index (χ4v) is 0.562. The average Bonchev–Trinajstić information content (AvgIpc) is 1.90. The van der Waals surface area contributed by atoms with Gasteiger partial charge in [0.15, 0.2) is 0 Å². The second-order valence-corrected chi connectivity index (χ2v) is 1.74. The van der Waals surface area contributed by atoms with Gasteiger partial charge in [-0.2, -0.15) is 0 Å². The number of aldehydes is 1. The Morgan fingerprint density at radius 2 is 1.78 bits per heavy atom. The van der Waals surface area contributed by atoms with E-state index in [0.29, 0.717) is 11.3 Å². The summed E-state index contributed by atoms with van der Waals surface area (Å²) in [4.78, 5) is 10.1. The van der Waals surface area contributed by atoms with Gasteiger partial charge in [0.25, 0.3) is 0 Å². The van der Waals surface area contributed by atoms with Crippen molar-refractivity contribution in [2.24, 2.45) is 0 Å². The molecule has 1 radical (unpaired) electrons. The lowest BCUT2D eigenvalue weighted by atomic mass is 10.2. The first-order chi connectivity index (χ1) is 4.33. The van der Waals surface area contributed by atoms with Gasteiger partial charge in [0.05, 0.1) is 5.69 Å². The van der Waals surface area contributed by atoms with Crippen LogP contribution in [0.15, 0.2) is 24.3 Å². The van der Waals surface area contributed by atoms with Crippen LogP contribution in [0.5, 0.6) is 0 Å². The standard InChI is InChI=1S/C7H6NO/c8-7-3-1-6(5-9)2-4-7/h1-5,8H. The van der Waals surface area contributed by atoms with Crippen LogP contribution in [0, 0.1) is 0 Å². The zero-order valence-corrected chi connectivity index (χ0v) is 4.79. The largest absolute Gasteiger partial charge is 0.301 e. The molecule has 0 unspecified atom stereocenters. The first-order valence-corrected chi connectivity index (χ1v) is 2.60. The third-order valence-corrected chi connectivity index (χ3v) is 1.05. The minimum Gasteiger partial charge on any atom is -0.301 e. The first kappa shape index (κ1) is 5.82. The van der Waals surface area contributed by atoms with Crippen molar-refractivity contribution in [2.45, 2.75) is 0 Å². The predicted molar refractivity (Wildman–Crippen MR) is 34.6 cm³/mol. The highest BCUT2D eigenvalue weighted by Crippen LogP contribution is 2.03. The van der Waals surface area contributed by atoms with Crippen LogP contribution in [0.4, 0.5) is 5.69 Å². The molecule has 9 heavy (non-hydrogen) atoms. The Morgan fingerprint density at radius 3 is 2.22 bits per heavy atom. The number of hydrogen-bond acceptors (Lipinski definition) is 1. The summed E-state index contributed by atoms with van der Waals surface area (Å²) in [5.74, 6) is 0. The van der Waals surface area contributed by atoms with Crippen molar-refractivity contribution in [3.8, 4) is 0 Å². The second kappa shape index (κ2) is 2.31. The molecule has 1 aromatic carbocycles. The highest BCUT2D eigenvalue weighted by Gasteiger charge is 1.86. The Bertz CT molecular complexity index is 203. The zero-order chi connectivity index (χ0) is 6.69. The lowest BCUT2D eigenvalue weighted by Crippen LogP contribution is -1.76. The fraction of sp³-hybridized carbons (Fsp3) is 0. The van der Waals surface area contributed by atoms with Crippen LogP contribution in [-0.4, -0.2) is 6.29 Å². The van der Waals surface area contributed by atoms with Crippen LogP contribution in [-0.2, 0) is 0 Å². The molecule has 0 saturated heterocycles. The van der Waals surface area contributed by atoms with Crippen LogP contribution in [0.2, 0.25) is 0 Å². The van der Waals surface area contributed by atoms with Gasteiger partial charge in [-0.3, -0.25) is 4.79 Å². The third kappa shape index (κ3) is 1.29. The molecule has 0 aliphatic rings. The lowest BCUT2D eigenvalue weighted by molar-refractivity contribution is 0.112. The molecule has 2 nitrogen and oxygen atoms in total. The molecule has 1 aromatic rings. The van der Waals surface area contributed by atoms with E-state index in [1.807, 2.05) is 0 Å². The van der Waals surface area contributed by atoms with Gasteiger partial charge >= 0.3 is 0 Å². The van der Waals surface area contributed by atoms with Crippen LogP contribution in [0.3, 0.4) is 0 Å². The Balaban J connectivity index is 3.01. The highest BCUT2D eigenvalue weighted by atomic mass is 16.1. The topological polar surface area (TPSA) is 40.9 Å². The molecule has 0 saturated carbocycles. The van der Waals surface area contributed by atoms with Gasteiger partial charge in [0.2, 0.25) is 0 Å². The maximum absolute atomic E-state index is 10.1. The molecule has 0 aromatic heterocycles. The van der Waals surface area contributed by atoms with Gasteiger partial charge in [-0.25, -0.2) is 0 Å². The monoisotopic (exact) mass is 120 g/mol. The summed E-state index contributed by atoms with van der Waals surface area (Å²) >= 11 is 0. The molecular weight excluding hydrogens is 114 g/mol. The molecular formula is C7H6NO. The molecule has 0 aliphatic carbocycles. The summed E-state index contributed by atoms with van der Waals surface area (Å²) in [6.07, 6.45) is 0.763. The number of nitrogens with one attached hydrogen (secondary N) is 1. The number of hydrogen-bond donors (Lipinski definition) is 0. The summed E-state index contributed by atoms with van der Waals surface area (Å²) in [6, 6.07) is 6.41. The SMILES string of the molecule is [NH]c1ccc(C=O)cc1. The van der Waals surface area contributed by atoms with Crippen LogP contribution < -0.4 is 5.73 Å². The molecule has 0 atom stereocenters. The van der Waals surface area contributed by atoms with E-state index in [1.54, 1.807) is 24.3 Å². The quantitative estimate of drug-likeness (QED) is 0.516. The van der Waals surface area contributed by atoms with Crippen LogP contribution >= 0.6 is 0 Å². The van der Waals surface area contributed by atoms with Gasteiger partial charge < -0.3 is 5.73 Å². The molecule has 45 valence electrons. The van der Waals surface area contributed by atoms with E-state index in [4.69, 9.17) is 5.73 Å². The normalized spacial score (nSPS) is 8.89. The summed E-state index contributed by atoms with van der Waals surface area (Å²) in [7, 11) is 0. The van der Waals surface area contributed by atoms with E-state index in [-0.39, 0.29) is 0 Å². The van der Waals surface area contributed by atoms with Gasteiger partial charge in [-0.15, -0.1) is 0 Å². The Hall–Kier alpha value is -1.31.